The number of hydrogen-bond acceptors (Lipinski definition) is 3. The van der Waals surface area contributed by atoms with E-state index in [1.165, 1.54) is 0 Å². The van der Waals surface area contributed by atoms with Crippen molar-refractivity contribution in [3.8, 4) is 0 Å². The fourth-order valence-electron chi connectivity index (χ4n) is 0.657. The highest BCUT2D eigenvalue weighted by molar-refractivity contribution is 7.80. The number of carbonyl (C=O) groups is 1. The average molecular weight is 202 g/mol. The minimum atomic E-state index is 0.0422. The van der Waals surface area contributed by atoms with Crippen LogP contribution in [0.1, 0.15) is 34.1 Å². The van der Waals surface area contributed by atoms with Crippen LogP contribution in [0.4, 0.5) is 0 Å². The molecule has 3 heteroatoms. The second-order valence-electron chi connectivity index (χ2n) is 3.87. The Morgan fingerprint density at radius 2 is 1.85 bits per heavy atom. The Kier molecular flexibility index (Phi) is 5.88. The van der Waals surface area contributed by atoms with Gasteiger partial charge in [-0.15, -0.1) is 0 Å². The number of ether oxygens (including phenoxy) is 1. The summed E-state index contributed by atoms with van der Waals surface area (Å²) in [6, 6.07) is 0. The van der Waals surface area contributed by atoms with Crippen LogP contribution >= 0.6 is 12.2 Å². The van der Waals surface area contributed by atoms with Crippen LogP contribution in [0.3, 0.4) is 0 Å². The van der Waals surface area contributed by atoms with Crippen LogP contribution in [0.5, 0.6) is 0 Å². The molecule has 0 amide bonds. The number of rotatable bonds is 5. The number of ketones is 1. The summed E-state index contributed by atoms with van der Waals surface area (Å²) in [4.78, 5) is 11.2. The molecule has 0 saturated carbocycles. The maximum atomic E-state index is 11.2. The van der Waals surface area contributed by atoms with Gasteiger partial charge in [-0.05, 0) is 18.1 Å². The molecular formula is C10H18O2S. The largest absolute Gasteiger partial charge is 0.486 e. The fourth-order valence-corrected chi connectivity index (χ4v) is 0.867. The third kappa shape index (κ3) is 6.70. The van der Waals surface area contributed by atoms with Crippen LogP contribution < -0.4 is 0 Å². The van der Waals surface area contributed by atoms with Crippen LogP contribution in [0.2, 0.25) is 0 Å². The standard InChI is InChI=1S/C10H18O2S/c1-7(2)6-12-10(13)5-9(11)8(3)4/h7-8H,5-6H2,1-4H3. The summed E-state index contributed by atoms with van der Waals surface area (Å²) in [5.74, 6) is 0.640. The zero-order valence-electron chi connectivity index (χ0n) is 8.79. The number of carbonyl (C=O) groups excluding carboxylic acids is 1. The Morgan fingerprint density at radius 1 is 1.31 bits per heavy atom. The van der Waals surface area contributed by atoms with E-state index in [1.54, 1.807) is 0 Å². The van der Waals surface area contributed by atoms with Gasteiger partial charge in [0.2, 0.25) is 0 Å². The van der Waals surface area contributed by atoms with Crippen molar-refractivity contribution in [3.63, 3.8) is 0 Å². The summed E-state index contributed by atoms with van der Waals surface area (Å²) in [7, 11) is 0. The number of thiocarbonyl (C=S) groups is 1. The van der Waals surface area contributed by atoms with Gasteiger partial charge in [-0.25, -0.2) is 0 Å². The van der Waals surface area contributed by atoms with Gasteiger partial charge in [-0.3, -0.25) is 4.79 Å². The first-order valence-electron chi connectivity index (χ1n) is 4.61. The predicted octanol–water partition coefficient (Wildman–Crippen LogP) is 2.60. The van der Waals surface area contributed by atoms with Crippen molar-refractivity contribution in [2.75, 3.05) is 6.61 Å². The van der Waals surface area contributed by atoms with Crippen LogP contribution in [0.25, 0.3) is 0 Å². The first-order valence-corrected chi connectivity index (χ1v) is 5.02. The number of Topliss-reactive ketones (excluding diaryl/α,β-unsaturated/α-hetero) is 1. The van der Waals surface area contributed by atoms with E-state index < -0.39 is 0 Å². The van der Waals surface area contributed by atoms with Gasteiger partial charge in [0.25, 0.3) is 0 Å². The molecule has 0 bridgehead atoms. The topological polar surface area (TPSA) is 26.3 Å². The molecule has 0 heterocycles. The molecule has 0 atom stereocenters. The zero-order valence-corrected chi connectivity index (χ0v) is 9.61. The molecule has 76 valence electrons. The van der Waals surface area contributed by atoms with E-state index >= 15 is 0 Å². The first-order chi connectivity index (χ1) is 5.93. The molecule has 0 fully saturated rings. The Morgan fingerprint density at radius 3 is 2.23 bits per heavy atom. The molecule has 0 unspecified atom stereocenters. The van der Waals surface area contributed by atoms with Crippen molar-refractivity contribution in [2.45, 2.75) is 34.1 Å². The van der Waals surface area contributed by atoms with Gasteiger partial charge >= 0.3 is 0 Å². The van der Waals surface area contributed by atoms with Crippen molar-refractivity contribution in [1.82, 2.24) is 0 Å². The normalized spacial score (nSPS) is 10.6. The molecule has 0 aromatic rings. The molecule has 13 heavy (non-hydrogen) atoms. The molecule has 0 rings (SSSR count). The minimum Gasteiger partial charge on any atom is -0.486 e. The third-order valence-electron chi connectivity index (χ3n) is 1.54. The second kappa shape index (κ2) is 6.08. The molecule has 2 nitrogen and oxygen atoms in total. The molecule has 0 aromatic carbocycles. The molecule has 0 N–H and O–H groups in total. The first kappa shape index (κ1) is 12.6. The summed E-state index contributed by atoms with van der Waals surface area (Å²) in [6.07, 6.45) is 0.278. The lowest BCUT2D eigenvalue weighted by molar-refractivity contribution is -0.120. The van der Waals surface area contributed by atoms with Crippen LogP contribution in [-0.2, 0) is 9.53 Å². The van der Waals surface area contributed by atoms with Gasteiger partial charge in [-0.1, -0.05) is 27.7 Å². The highest BCUT2D eigenvalue weighted by Crippen LogP contribution is 2.03. The van der Waals surface area contributed by atoms with Gasteiger partial charge in [0.15, 0.2) is 5.05 Å². The van der Waals surface area contributed by atoms with Crippen molar-refractivity contribution in [1.29, 1.82) is 0 Å². The Hall–Kier alpha value is -0.440. The van der Waals surface area contributed by atoms with E-state index in [-0.39, 0.29) is 18.1 Å². The molecule has 0 saturated heterocycles. The number of hydrogen-bond donors (Lipinski definition) is 0. The molecular weight excluding hydrogens is 184 g/mol. The maximum absolute atomic E-state index is 11.2. The van der Waals surface area contributed by atoms with Crippen LogP contribution in [-0.4, -0.2) is 17.4 Å². The Balaban J connectivity index is 3.69. The van der Waals surface area contributed by atoms with Gasteiger partial charge in [0.1, 0.15) is 5.78 Å². The van der Waals surface area contributed by atoms with E-state index in [1.807, 2.05) is 27.7 Å². The van der Waals surface area contributed by atoms with E-state index in [9.17, 15) is 4.79 Å². The molecule has 0 aliphatic heterocycles. The van der Waals surface area contributed by atoms with Crippen molar-refractivity contribution >= 4 is 23.1 Å². The van der Waals surface area contributed by atoms with Crippen molar-refractivity contribution < 1.29 is 9.53 Å². The molecule has 0 spiro atoms. The predicted molar refractivity (Wildman–Crippen MR) is 57.9 cm³/mol. The van der Waals surface area contributed by atoms with Gasteiger partial charge < -0.3 is 4.74 Å². The Bertz CT molecular complexity index is 185. The van der Waals surface area contributed by atoms with Gasteiger partial charge in [0.05, 0.1) is 13.0 Å². The lowest BCUT2D eigenvalue weighted by atomic mass is 10.1. The lowest BCUT2D eigenvalue weighted by Gasteiger charge is -2.09. The van der Waals surface area contributed by atoms with E-state index in [4.69, 9.17) is 17.0 Å². The molecule has 0 aliphatic carbocycles. The summed E-state index contributed by atoms with van der Waals surface area (Å²) < 4.78 is 5.23. The average Bonchev–Trinajstić information content (AvgIpc) is 2.00. The van der Waals surface area contributed by atoms with Crippen LogP contribution in [0, 0.1) is 11.8 Å². The minimum absolute atomic E-state index is 0.0422. The highest BCUT2D eigenvalue weighted by atomic mass is 32.1. The molecule has 0 radical (unpaired) electrons. The van der Waals surface area contributed by atoms with Crippen molar-refractivity contribution in [2.24, 2.45) is 11.8 Å². The molecule has 0 aliphatic rings. The second-order valence-corrected chi connectivity index (χ2v) is 4.33. The highest BCUT2D eigenvalue weighted by Gasteiger charge is 2.11. The Labute approximate surface area is 85.7 Å². The fraction of sp³-hybridized carbons (Fsp3) is 0.800. The van der Waals surface area contributed by atoms with E-state index in [2.05, 4.69) is 0 Å². The molecule has 0 aromatic heterocycles. The van der Waals surface area contributed by atoms with Crippen LogP contribution in [0.15, 0.2) is 0 Å². The summed E-state index contributed by atoms with van der Waals surface area (Å²) in [5.41, 5.74) is 0. The van der Waals surface area contributed by atoms with E-state index in [0.29, 0.717) is 17.6 Å². The summed E-state index contributed by atoms with van der Waals surface area (Å²) in [5, 5.41) is 0.424. The summed E-state index contributed by atoms with van der Waals surface area (Å²) in [6.45, 7) is 8.44. The zero-order chi connectivity index (χ0) is 10.4. The summed E-state index contributed by atoms with van der Waals surface area (Å²) >= 11 is 4.92. The van der Waals surface area contributed by atoms with Gasteiger partial charge in [-0.2, -0.15) is 0 Å². The SMILES string of the molecule is CC(C)COC(=S)CC(=O)C(C)C. The van der Waals surface area contributed by atoms with Gasteiger partial charge in [0, 0.05) is 5.92 Å². The quantitative estimate of drug-likeness (QED) is 0.641. The smallest absolute Gasteiger partial charge is 0.167 e. The van der Waals surface area contributed by atoms with Crippen molar-refractivity contribution in [3.05, 3.63) is 0 Å². The monoisotopic (exact) mass is 202 g/mol. The maximum Gasteiger partial charge on any atom is 0.167 e. The third-order valence-corrected chi connectivity index (χ3v) is 1.80. The van der Waals surface area contributed by atoms with E-state index in [0.717, 1.165) is 0 Å². The lowest BCUT2D eigenvalue weighted by Crippen LogP contribution is -2.15.